The molecule has 0 bridgehead atoms. The Bertz CT molecular complexity index is 323. The summed E-state index contributed by atoms with van der Waals surface area (Å²) in [4.78, 5) is 0. The third-order valence-corrected chi connectivity index (χ3v) is 2.48. The fourth-order valence-corrected chi connectivity index (χ4v) is 1.82. The number of hydrogen-bond donors (Lipinski definition) is 1. The third-order valence-electron chi connectivity index (χ3n) is 2.48. The van der Waals surface area contributed by atoms with Gasteiger partial charge in [0, 0.05) is 17.7 Å². The number of hydrogen-bond acceptors (Lipinski definition) is 2. The maximum Gasteiger partial charge on any atom is 0.0753 e. The van der Waals surface area contributed by atoms with Crippen LogP contribution in [-0.2, 0) is 24.2 Å². The zero-order valence-corrected chi connectivity index (χ0v) is 9.18. The molecule has 3 nitrogen and oxygen atoms in total. The molecular weight excluding hydrogens is 176 g/mol. The van der Waals surface area contributed by atoms with Crippen molar-refractivity contribution in [2.24, 2.45) is 5.41 Å². The molecule has 1 aliphatic heterocycles. The van der Waals surface area contributed by atoms with Crippen LogP contribution < -0.4 is 0 Å². The molecule has 0 fully saturated rings. The minimum atomic E-state index is 0.292. The number of fused-ring (bicyclic) bond motifs is 1. The molecule has 78 valence electrons. The molecule has 1 aliphatic rings. The lowest BCUT2D eigenvalue weighted by Crippen LogP contribution is -2.14. The molecule has 2 heterocycles. The number of aromatic nitrogens is 2. The van der Waals surface area contributed by atoms with E-state index in [0.29, 0.717) is 5.41 Å². The highest BCUT2D eigenvalue weighted by Gasteiger charge is 2.21. The molecule has 0 aromatic carbocycles. The summed E-state index contributed by atoms with van der Waals surface area (Å²) in [6.45, 7) is 8.26. The van der Waals surface area contributed by atoms with E-state index in [2.05, 4.69) is 31.0 Å². The van der Waals surface area contributed by atoms with Gasteiger partial charge in [-0.3, -0.25) is 5.10 Å². The number of aromatic amines is 1. The summed E-state index contributed by atoms with van der Waals surface area (Å²) < 4.78 is 5.45. The predicted molar refractivity (Wildman–Crippen MR) is 55.1 cm³/mol. The highest BCUT2D eigenvalue weighted by molar-refractivity contribution is 5.26. The summed E-state index contributed by atoms with van der Waals surface area (Å²) in [5.74, 6) is 0. The SMILES string of the molecule is CC(C)(C)Cc1n[nH]c2c1COCC2. The molecule has 0 saturated carbocycles. The average molecular weight is 194 g/mol. The van der Waals surface area contributed by atoms with Gasteiger partial charge in [-0.25, -0.2) is 0 Å². The van der Waals surface area contributed by atoms with Gasteiger partial charge in [-0.05, 0) is 11.8 Å². The molecule has 0 atom stereocenters. The lowest BCUT2D eigenvalue weighted by Gasteiger charge is -2.18. The van der Waals surface area contributed by atoms with Crippen molar-refractivity contribution >= 4 is 0 Å². The molecule has 1 aromatic heterocycles. The second kappa shape index (κ2) is 3.39. The minimum absolute atomic E-state index is 0.292. The van der Waals surface area contributed by atoms with E-state index in [1.165, 1.54) is 17.0 Å². The van der Waals surface area contributed by atoms with Crippen molar-refractivity contribution in [1.29, 1.82) is 0 Å². The lowest BCUT2D eigenvalue weighted by atomic mass is 9.89. The summed E-state index contributed by atoms with van der Waals surface area (Å²) in [6.07, 6.45) is 1.99. The Kier molecular flexibility index (Phi) is 2.35. The van der Waals surface area contributed by atoms with Crippen molar-refractivity contribution in [2.45, 2.75) is 40.2 Å². The van der Waals surface area contributed by atoms with E-state index in [1.807, 2.05) is 0 Å². The van der Waals surface area contributed by atoms with Crippen LogP contribution >= 0.6 is 0 Å². The van der Waals surface area contributed by atoms with Crippen molar-refractivity contribution in [3.8, 4) is 0 Å². The molecule has 2 rings (SSSR count). The average Bonchev–Trinajstić information content (AvgIpc) is 2.47. The van der Waals surface area contributed by atoms with Gasteiger partial charge in [-0.1, -0.05) is 20.8 Å². The first-order valence-electron chi connectivity index (χ1n) is 5.19. The molecule has 0 aliphatic carbocycles. The summed E-state index contributed by atoms with van der Waals surface area (Å²) >= 11 is 0. The van der Waals surface area contributed by atoms with Gasteiger partial charge in [-0.2, -0.15) is 5.10 Å². The van der Waals surface area contributed by atoms with Crippen LogP contribution in [0.15, 0.2) is 0 Å². The fourth-order valence-electron chi connectivity index (χ4n) is 1.82. The van der Waals surface area contributed by atoms with Crippen LogP contribution in [0.3, 0.4) is 0 Å². The van der Waals surface area contributed by atoms with E-state index in [-0.39, 0.29) is 0 Å². The van der Waals surface area contributed by atoms with Crippen molar-refractivity contribution in [2.75, 3.05) is 6.61 Å². The summed E-state index contributed by atoms with van der Waals surface area (Å²) in [5, 5.41) is 7.50. The Morgan fingerprint density at radius 1 is 1.43 bits per heavy atom. The van der Waals surface area contributed by atoms with Gasteiger partial charge in [0.2, 0.25) is 0 Å². The number of nitrogens with one attached hydrogen (secondary N) is 1. The molecule has 1 N–H and O–H groups in total. The second-order valence-corrected chi connectivity index (χ2v) is 5.17. The summed E-state index contributed by atoms with van der Waals surface area (Å²) in [5.41, 5.74) is 4.05. The van der Waals surface area contributed by atoms with Gasteiger partial charge >= 0.3 is 0 Å². The van der Waals surface area contributed by atoms with Crippen molar-refractivity contribution in [3.05, 3.63) is 17.0 Å². The maximum absolute atomic E-state index is 5.45. The standard InChI is InChI=1S/C11H18N2O/c1-11(2,3)6-10-8-7-14-5-4-9(8)12-13-10/h4-7H2,1-3H3,(H,12,13). The van der Waals surface area contributed by atoms with E-state index in [9.17, 15) is 0 Å². The van der Waals surface area contributed by atoms with Crippen LogP contribution in [0.4, 0.5) is 0 Å². The first-order valence-corrected chi connectivity index (χ1v) is 5.19. The molecular formula is C11H18N2O. The number of nitrogens with zero attached hydrogens (tertiary/aromatic N) is 1. The fraction of sp³-hybridized carbons (Fsp3) is 0.727. The van der Waals surface area contributed by atoms with Gasteiger partial charge in [0.05, 0.1) is 18.9 Å². The summed E-state index contributed by atoms with van der Waals surface area (Å²) in [6, 6.07) is 0. The molecule has 14 heavy (non-hydrogen) atoms. The van der Waals surface area contributed by atoms with Crippen LogP contribution in [0.1, 0.15) is 37.7 Å². The molecule has 0 unspecified atom stereocenters. The minimum Gasteiger partial charge on any atom is -0.376 e. The van der Waals surface area contributed by atoms with Crippen molar-refractivity contribution in [3.63, 3.8) is 0 Å². The molecule has 0 amide bonds. The quantitative estimate of drug-likeness (QED) is 0.743. The van der Waals surface area contributed by atoms with E-state index >= 15 is 0 Å². The Morgan fingerprint density at radius 3 is 2.93 bits per heavy atom. The Hall–Kier alpha value is -0.830. The number of H-pyrrole nitrogens is 1. The Balaban J connectivity index is 2.22. The highest BCUT2D eigenvalue weighted by atomic mass is 16.5. The molecule has 0 radical (unpaired) electrons. The zero-order valence-electron chi connectivity index (χ0n) is 9.18. The first kappa shape index (κ1) is 9.71. The van der Waals surface area contributed by atoms with E-state index in [4.69, 9.17) is 4.74 Å². The van der Waals surface area contributed by atoms with Gasteiger partial charge < -0.3 is 4.74 Å². The van der Waals surface area contributed by atoms with Gasteiger partial charge in [0.15, 0.2) is 0 Å². The maximum atomic E-state index is 5.45. The molecule has 0 saturated heterocycles. The van der Waals surface area contributed by atoms with Crippen LogP contribution in [0.25, 0.3) is 0 Å². The second-order valence-electron chi connectivity index (χ2n) is 5.17. The van der Waals surface area contributed by atoms with Crippen LogP contribution in [0, 0.1) is 5.41 Å². The van der Waals surface area contributed by atoms with Crippen molar-refractivity contribution < 1.29 is 4.74 Å². The Labute approximate surface area is 84.9 Å². The zero-order chi connectivity index (χ0) is 10.2. The molecule has 1 aromatic rings. The first-order chi connectivity index (χ1) is 6.56. The smallest absolute Gasteiger partial charge is 0.0753 e. The van der Waals surface area contributed by atoms with Gasteiger partial charge in [-0.15, -0.1) is 0 Å². The normalized spacial score (nSPS) is 16.8. The van der Waals surface area contributed by atoms with Gasteiger partial charge in [0.1, 0.15) is 0 Å². The highest BCUT2D eigenvalue weighted by Crippen LogP contribution is 2.25. The van der Waals surface area contributed by atoms with Crippen LogP contribution in [0.2, 0.25) is 0 Å². The molecule has 0 spiro atoms. The lowest BCUT2D eigenvalue weighted by molar-refractivity contribution is 0.109. The van der Waals surface area contributed by atoms with Crippen molar-refractivity contribution in [1.82, 2.24) is 10.2 Å². The summed E-state index contributed by atoms with van der Waals surface area (Å²) in [7, 11) is 0. The van der Waals surface area contributed by atoms with E-state index < -0.39 is 0 Å². The largest absolute Gasteiger partial charge is 0.376 e. The topological polar surface area (TPSA) is 37.9 Å². The van der Waals surface area contributed by atoms with E-state index in [0.717, 1.165) is 26.1 Å². The van der Waals surface area contributed by atoms with Crippen LogP contribution in [-0.4, -0.2) is 16.8 Å². The third kappa shape index (κ3) is 1.98. The number of rotatable bonds is 1. The Morgan fingerprint density at radius 2 is 2.21 bits per heavy atom. The number of ether oxygens (including phenoxy) is 1. The molecule has 3 heteroatoms. The van der Waals surface area contributed by atoms with E-state index in [1.54, 1.807) is 0 Å². The predicted octanol–water partition coefficient (Wildman–Crippen LogP) is 2.07. The van der Waals surface area contributed by atoms with Crippen LogP contribution in [0.5, 0.6) is 0 Å². The monoisotopic (exact) mass is 194 g/mol. The van der Waals surface area contributed by atoms with Gasteiger partial charge in [0.25, 0.3) is 0 Å².